The van der Waals surface area contributed by atoms with E-state index in [0.717, 1.165) is 35.7 Å². The van der Waals surface area contributed by atoms with Crippen molar-refractivity contribution in [2.75, 3.05) is 13.2 Å². The Labute approximate surface area is 187 Å². The molecule has 1 saturated heterocycles. The number of aliphatic hydroxyl groups is 1. The monoisotopic (exact) mass is 432 g/mol. The molecule has 6 nitrogen and oxygen atoms in total. The molecule has 1 aliphatic rings. The fourth-order valence-corrected chi connectivity index (χ4v) is 4.32. The predicted molar refractivity (Wildman–Crippen MR) is 124 cm³/mol. The summed E-state index contributed by atoms with van der Waals surface area (Å²) in [5, 5.41) is 12.1. The summed E-state index contributed by atoms with van der Waals surface area (Å²) in [5.41, 5.74) is 2.33. The molecule has 2 N–H and O–H groups in total. The van der Waals surface area contributed by atoms with Gasteiger partial charge in [-0.15, -0.1) is 0 Å². The number of nitrogens with one attached hydrogen (secondary N) is 1. The molecule has 1 fully saturated rings. The zero-order valence-corrected chi connectivity index (χ0v) is 18.4. The molecule has 3 aromatic rings. The van der Waals surface area contributed by atoms with Crippen molar-refractivity contribution in [3.05, 3.63) is 71.4 Å². The number of hydrogen-bond acceptors (Lipinski definition) is 4. The summed E-state index contributed by atoms with van der Waals surface area (Å²) >= 11 is 0. The lowest BCUT2D eigenvalue weighted by molar-refractivity contribution is -0.139. The minimum atomic E-state index is -0.650. The van der Waals surface area contributed by atoms with Gasteiger partial charge in [-0.25, -0.2) is 0 Å². The summed E-state index contributed by atoms with van der Waals surface area (Å²) in [6, 6.07) is 14.0. The number of H-pyrrole nitrogens is 1. The lowest BCUT2D eigenvalue weighted by atomic mass is 9.95. The second kappa shape index (κ2) is 9.30. The number of rotatable bonds is 8. The molecule has 4 rings (SSSR count). The van der Waals surface area contributed by atoms with E-state index in [1.54, 1.807) is 29.2 Å². The maximum atomic E-state index is 13.1. The topological polar surface area (TPSA) is 82.6 Å². The fourth-order valence-electron chi connectivity index (χ4n) is 4.32. The first kappa shape index (κ1) is 21.7. The van der Waals surface area contributed by atoms with E-state index in [0.29, 0.717) is 24.5 Å². The van der Waals surface area contributed by atoms with Crippen molar-refractivity contribution in [3.8, 4) is 5.75 Å². The Kier molecular flexibility index (Phi) is 6.30. The second-order valence-electron chi connectivity index (χ2n) is 7.95. The Morgan fingerprint density at radius 1 is 1.06 bits per heavy atom. The molecule has 0 spiro atoms. The zero-order valence-electron chi connectivity index (χ0n) is 18.4. The molecule has 6 heteroatoms. The summed E-state index contributed by atoms with van der Waals surface area (Å²) in [7, 11) is 0. The summed E-state index contributed by atoms with van der Waals surface area (Å²) in [4.78, 5) is 31.0. The number of amides is 1. The van der Waals surface area contributed by atoms with E-state index in [1.807, 2.05) is 37.4 Å². The molecule has 2 aromatic carbocycles. The first-order chi connectivity index (χ1) is 15.6. The molecular formula is C26H28N2O4. The number of benzene rings is 2. The van der Waals surface area contributed by atoms with Gasteiger partial charge in [-0.05, 0) is 43.7 Å². The Balaban J connectivity index is 1.83. The molecule has 1 amide bonds. The largest absolute Gasteiger partial charge is 0.507 e. The Morgan fingerprint density at radius 2 is 1.81 bits per heavy atom. The van der Waals surface area contributed by atoms with Gasteiger partial charge < -0.3 is 19.7 Å². The molecule has 1 unspecified atom stereocenters. The lowest BCUT2D eigenvalue weighted by Gasteiger charge is -2.25. The number of Topliss-reactive ketones (excluding diaryl/α,β-unsaturated/α-hetero) is 1. The number of aromatic nitrogens is 1. The van der Waals surface area contributed by atoms with Crippen LogP contribution in [0, 0.1) is 0 Å². The van der Waals surface area contributed by atoms with Crippen LogP contribution in [0.4, 0.5) is 0 Å². The van der Waals surface area contributed by atoms with E-state index < -0.39 is 17.7 Å². The number of carbonyl (C=O) groups excluding carboxylic acids is 2. The number of ketones is 1. The fraction of sp³-hybridized carbons (Fsp3) is 0.308. The number of hydrogen-bond donors (Lipinski definition) is 2. The molecule has 32 heavy (non-hydrogen) atoms. The summed E-state index contributed by atoms with van der Waals surface area (Å²) in [6.07, 6.45) is 4.60. The quantitative estimate of drug-likeness (QED) is 0.222. The molecular weight excluding hydrogens is 404 g/mol. The van der Waals surface area contributed by atoms with Gasteiger partial charge in [0.2, 0.25) is 0 Å². The van der Waals surface area contributed by atoms with Crippen molar-refractivity contribution in [1.29, 1.82) is 0 Å². The third-order valence-electron chi connectivity index (χ3n) is 5.90. The molecule has 1 aromatic heterocycles. The highest BCUT2D eigenvalue weighted by Crippen LogP contribution is 2.42. The molecule has 0 radical (unpaired) electrons. The van der Waals surface area contributed by atoms with Crippen molar-refractivity contribution in [2.45, 2.75) is 39.2 Å². The third-order valence-corrected chi connectivity index (χ3v) is 5.90. The van der Waals surface area contributed by atoms with Crippen molar-refractivity contribution in [3.63, 3.8) is 0 Å². The molecule has 1 aliphatic heterocycles. The standard InChI is InChI=1S/C26H28N2O4/c1-3-5-8-15-28-23(20-16-27-21-10-7-6-9-19(20)21)22(25(30)26(28)31)24(29)17-11-13-18(14-12-17)32-4-2/h6-7,9-14,16,23,27,29H,3-5,8,15H2,1-2H3/b24-22+. The van der Waals surface area contributed by atoms with Crippen LogP contribution in [-0.4, -0.2) is 39.8 Å². The molecule has 0 saturated carbocycles. The summed E-state index contributed by atoms with van der Waals surface area (Å²) < 4.78 is 5.47. The third kappa shape index (κ3) is 3.88. The van der Waals surface area contributed by atoms with Crippen LogP contribution in [0.5, 0.6) is 5.75 Å². The average molecular weight is 433 g/mol. The smallest absolute Gasteiger partial charge is 0.295 e. The molecule has 2 heterocycles. The lowest BCUT2D eigenvalue weighted by Crippen LogP contribution is -2.30. The van der Waals surface area contributed by atoms with Crippen LogP contribution >= 0.6 is 0 Å². The first-order valence-corrected chi connectivity index (χ1v) is 11.1. The SMILES string of the molecule is CCCCCN1C(=O)C(=O)/C(=C(/O)c2ccc(OCC)cc2)C1c1c[nH]c2ccccc12. The zero-order chi connectivity index (χ0) is 22.7. The van der Waals surface area contributed by atoms with Crippen LogP contribution in [0.3, 0.4) is 0 Å². The van der Waals surface area contributed by atoms with Crippen LogP contribution in [0.25, 0.3) is 16.7 Å². The number of unbranched alkanes of at least 4 members (excludes halogenated alkanes) is 2. The molecule has 1 atom stereocenters. The van der Waals surface area contributed by atoms with Gasteiger partial charge in [0.05, 0.1) is 18.2 Å². The minimum Gasteiger partial charge on any atom is -0.507 e. The Morgan fingerprint density at radius 3 is 2.53 bits per heavy atom. The van der Waals surface area contributed by atoms with Gasteiger partial charge in [0, 0.05) is 34.8 Å². The van der Waals surface area contributed by atoms with Gasteiger partial charge in [-0.3, -0.25) is 9.59 Å². The van der Waals surface area contributed by atoms with E-state index in [1.165, 1.54) is 0 Å². The Hall–Kier alpha value is -3.54. The average Bonchev–Trinajstić information content (AvgIpc) is 3.34. The van der Waals surface area contributed by atoms with Crippen LogP contribution < -0.4 is 4.74 Å². The van der Waals surface area contributed by atoms with Gasteiger partial charge in [0.15, 0.2) is 0 Å². The summed E-state index contributed by atoms with van der Waals surface area (Å²) in [5.74, 6) is -0.705. The first-order valence-electron chi connectivity index (χ1n) is 11.1. The van der Waals surface area contributed by atoms with Crippen molar-refractivity contribution >= 4 is 28.4 Å². The number of nitrogens with zero attached hydrogens (tertiary/aromatic N) is 1. The van der Waals surface area contributed by atoms with E-state index >= 15 is 0 Å². The number of ether oxygens (including phenoxy) is 1. The van der Waals surface area contributed by atoms with Crippen molar-refractivity contribution in [1.82, 2.24) is 9.88 Å². The van der Waals surface area contributed by atoms with Crippen molar-refractivity contribution < 1.29 is 19.4 Å². The van der Waals surface area contributed by atoms with Gasteiger partial charge >= 0.3 is 0 Å². The number of aromatic amines is 1. The van der Waals surface area contributed by atoms with Crippen molar-refractivity contribution in [2.24, 2.45) is 0 Å². The number of carbonyl (C=O) groups is 2. The van der Waals surface area contributed by atoms with E-state index in [9.17, 15) is 14.7 Å². The number of likely N-dealkylation sites (tertiary alicyclic amines) is 1. The second-order valence-corrected chi connectivity index (χ2v) is 7.95. The van der Waals surface area contributed by atoms with E-state index in [4.69, 9.17) is 4.74 Å². The number of para-hydroxylation sites is 1. The maximum absolute atomic E-state index is 13.1. The molecule has 0 aliphatic carbocycles. The normalized spacial score (nSPS) is 17.9. The number of aliphatic hydroxyl groups excluding tert-OH is 1. The van der Waals surface area contributed by atoms with Crippen LogP contribution in [0.15, 0.2) is 60.3 Å². The van der Waals surface area contributed by atoms with E-state index in [-0.39, 0.29) is 11.3 Å². The van der Waals surface area contributed by atoms with Crippen LogP contribution in [-0.2, 0) is 9.59 Å². The van der Waals surface area contributed by atoms with Gasteiger partial charge in [-0.2, -0.15) is 0 Å². The van der Waals surface area contributed by atoms with Crippen LogP contribution in [0.1, 0.15) is 50.3 Å². The van der Waals surface area contributed by atoms with E-state index in [2.05, 4.69) is 11.9 Å². The molecule has 166 valence electrons. The molecule has 0 bridgehead atoms. The number of fused-ring (bicyclic) bond motifs is 1. The predicted octanol–water partition coefficient (Wildman–Crippen LogP) is 5.18. The maximum Gasteiger partial charge on any atom is 0.295 e. The summed E-state index contributed by atoms with van der Waals surface area (Å²) in [6.45, 7) is 4.99. The highest BCUT2D eigenvalue weighted by atomic mass is 16.5. The van der Waals surface area contributed by atoms with Gasteiger partial charge in [0.1, 0.15) is 11.5 Å². The minimum absolute atomic E-state index is 0.125. The van der Waals surface area contributed by atoms with Crippen LogP contribution in [0.2, 0.25) is 0 Å². The Bertz CT molecular complexity index is 1160. The van der Waals surface area contributed by atoms with Gasteiger partial charge in [0.25, 0.3) is 11.7 Å². The highest BCUT2D eigenvalue weighted by Gasteiger charge is 2.46. The highest BCUT2D eigenvalue weighted by molar-refractivity contribution is 6.46. The van der Waals surface area contributed by atoms with Gasteiger partial charge in [-0.1, -0.05) is 38.0 Å².